The summed E-state index contributed by atoms with van der Waals surface area (Å²) >= 11 is 3.99. The molecule has 0 saturated carbocycles. The molecule has 1 aromatic rings. The standard InChI is InChI=1S/C50H87N17O13S/c1-25(2)22-36-47(77)61-30(10-16-51)41(71)60-34(14-20-55)46(76)66-38(26(3)68)49(79)57-21-15-35(44(74)59-31(11-17-52)43(73)65-37(48(78)64-36)23-28-8-6-5-7-9-28)62-42(72)32(12-18-53)63-50(80)39(27(4)69)67-45(75)33(13-19-54)58-40(70)29(56)24-81/h5-9,25-27,29-39,68-69,81H,10-24,51-56H2,1-4H3,(H,57,79)(H,58,70)(H,59,74)(H,60,71)(H,61,77)(H,62,72)(H,63,80)(H,64,78)(H,65,73)(H,66,76)(H,67,75)/t26-,27-,29+,30+,31+,32+,33+,34+,35+,36+,37-,38?,39+/m1/s1. The molecule has 1 heterocycles. The number of carbonyl (C=O) groups excluding carboxylic acids is 11. The first-order valence-corrected chi connectivity index (χ1v) is 27.6. The van der Waals surface area contributed by atoms with E-state index in [9.17, 15) is 63.0 Å². The number of hydrogen-bond donors (Lipinski definition) is 20. The van der Waals surface area contributed by atoms with Crippen LogP contribution in [0.4, 0.5) is 0 Å². The smallest absolute Gasteiger partial charge is 0.245 e. The summed E-state index contributed by atoms with van der Waals surface area (Å²) in [6.07, 6.45) is -4.71. The molecule has 1 aliphatic rings. The molecule has 1 aromatic carbocycles. The van der Waals surface area contributed by atoms with Crippen LogP contribution in [-0.4, -0.2) is 199 Å². The second-order valence-electron chi connectivity index (χ2n) is 20.0. The molecule has 1 fully saturated rings. The van der Waals surface area contributed by atoms with Gasteiger partial charge in [0, 0.05) is 18.7 Å². The Kier molecular flexibility index (Phi) is 32.0. The van der Waals surface area contributed by atoms with Crippen LogP contribution >= 0.6 is 12.6 Å². The zero-order valence-electron chi connectivity index (χ0n) is 46.4. The highest BCUT2D eigenvalue weighted by Gasteiger charge is 2.38. The molecule has 0 bridgehead atoms. The van der Waals surface area contributed by atoms with E-state index < -0.39 is 157 Å². The summed E-state index contributed by atoms with van der Waals surface area (Å²) in [5, 5.41) is 49.0. The Morgan fingerprint density at radius 2 is 1.04 bits per heavy atom. The monoisotopic (exact) mass is 1170 g/mol. The Labute approximate surface area is 476 Å². The van der Waals surface area contributed by atoms with Crippen molar-refractivity contribution < 1.29 is 63.0 Å². The average molecular weight is 1170 g/mol. The van der Waals surface area contributed by atoms with E-state index >= 15 is 0 Å². The second-order valence-corrected chi connectivity index (χ2v) is 20.4. The Hall–Kier alpha value is -6.58. The van der Waals surface area contributed by atoms with Gasteiger partial charge in [-0.15, -0.1) is 0 Å². The van der Waals surface area contributed by atoms with Crippen molar-refractivity contribution in [3.05, 3.63) is 35.9 Å². The van der Waals surface area contributed by atoms with Gasteiger partial charge in [-0.05, 0) is 103 Å². The fourth-order valence-corrected chi connectivity index (χ4v) is 8.40. The molecule has 81 heavy (non-hydrogen) atoms. The fraction of sp³-hybridized carbons (Fsp3) is 0.660. The van der Waals surface area contributed by atoms with Crippen LogP contribution in [-0.2, 0) is 59.2 Å². The van der Waals surface area contributed by atoms with Gasteiger partial charge in [0.1, 0.15) is 60.4 Å². The fourth-order valence-electron chi connectivity index (χ4n) is 8.23. The van der Waals surface area contributed by atoms with Crippen LogP contribution < -0.4 is 92.9 Å². The SMILES string of the molecule is CC(C)C[C@@H]1NC(=O)[C@@H](Cc2ccccc2)NC(=O)[C@H](CCN)NC(=O)[C@@H](NC(=O)[C@H](CCN)NC(=O)[C@@H](NC(=O)[C@H](CCN)NC(=O)[C@@H](N)CS)[C@@H](C)O)CCNC(=O)C([C@@H](C)O)NC(=O)[C@H](CCN)NC(=O)[C@H](CCN)NC1=O. The van der Waals surface area contributed by atoms with Gasteiger partial charge < -0.3 is 103 Å². The third kappa shape index (κ3) is 24.2. The van der Waals surface area contributed by atoms with Gasteiger partial charge in [-0.25, -0.2) is 0 Å². The van der Waals surface area contributed by atoms with Crippen molar-refractivity contribution in [2.24, 2.45) is 40.3 Å². The lowest BCUT2D eigenvalue weighted by Crippen LogP contribution is -2.62. The molecule has 1 saturated heterocycles. The summed E-state index contributed by atoms with van der Waals surface area (Å²) in [6.45, 7) is 4.62. The number of benzene rings is 1. The first kappa shape index (κ1) is 70.5. The molecular weight excluding hydrogens is 1080 g/mol. The molecule has 0 radical (unpaired) electrons. The lowest BCUT2D eigenvalue weighted by molar-refractivity contribution is -0.137. The van der Waals surface area contributed by atoms with Crippen molar-refractivity contribution in [1.29, 1.82) is 0 Å². The largest absolute Gasteiger partial charge is 0.391 e. The maximum Gasteiger partial charge on any atom is 0.245 e. The molecule has 456 valence electrons. The van der Waals surface area contributed by atoms with Crippen LogP contribution in [0.3, 0.4) is 0 Å². The predicted octanol–water partition coefficient (Wildman–Crippen LogP) is -8.59. The molecule has 1 unspecified atom stereocenters. The summed E-state index contributed by atoms with van der Waals surface area (Å²) in [6, 6.07) is -7.63. The summed E-state index contributed by atoms with van der Waals surface area (Å²) in [4.78, 5) is 153. The van der Waals surface area contributed by atoms with E-state index in [1.165, 1.54) is 6.92 Å². The molecule has 25 N–H and O–H groups in total. The van der Waals surface area contributed by atoms with E-state index in [-0.39, 0.29) is 89.3 Å². The van der Waals surface area contributed by atoms with Gasteiger partial charge in [0.25, 0.3) is 0 Å². The maximum atomic E-state index is 14.5. The summed E-state index contributed by atoms with van der Waals surface area (Å²) < 4.78 is 0. The number of aliphatic hydroxyl groups excluding tert-OH is 2. The first-order chi connectivity index (χ1) is 38.3. The minimum atomic E-state index is -1.75. The number of nitrogens with one attached hydrogen (secondary N) is 11. The van der Waals surface area contributed by atoms with Crippen LogP contribution in [0.2, 0.25) is 0 Å². The van der Waals surface area contributed by atoms with Crippen LogP contribution in [0.1, 0.15) is 78.2 Å². The van der Waals surface area contributed by atoms with Gasteiger partial charge in [-0.2, -0.15) is 12.6 Å². The highest BCUT2D eigenvalue weighted by atomic mass is 32.1. The van der Waals surface area contributed by atoms with Gasteiger partial charge in [0.05, 0.1) is 18.2 Å². The molecule has 0 spiro atoms. The highest BCUT2D eigenvalue weighted by Crippen LogP contribution is 2.11. The predicted molar refractivity (Wildman–Crippen MR) is 300 cm³/mol. The number of carbonyl (C=O) groups is 11. The van der Waals surface area contributed by atoms with Crippen LogP contribution in [0.15, 0.2) is 30.3 Å². The van der Waals surface area contributed by atoms with Crippen molar-refractivity contribution in [3.8, 4) is 0 Å². The number of thiol groups is 1. The number of aliphatic hydroxyl groups is 2. The van der Waals surface area contributed by atoms with Crippen molar-refractivity contribution in [2.75, 3.05) is 45.0 Å². The second kappa shape index (κ2) is 36.7. The van der Waals surface area contributed by atoms with E-state index in [1.807, 2.05) is 0 Å². The summed E-state index contributed by atoms with van der Waals surface area (Å²) in [7, 11) is 0. The van der Waals surface area contributed by atoms with Crippen molar-refractivity contribution in [1.82, 2.24) is 58.5 Å². The van der Waals surface area contributed by atoms with Gasteiger partial charge in [-0.1, -0.05) is 44.2 Å². The number of hydrogen-bond acceptors (Lipinski definition) is 20. The van der Waals surface area contributed by atoms with E-state index in [0.717, 1.165) is 6.92 Å². The molecule has 11 amide bonds. The maximum absolute atomic E-state index is 14.5. The summed E-state index contributed by atoms with van der Waals surface area (Å²) in [5.74, 6) is -10.6. The molecule has 1 aliphatic heterocycles. The Morgan fingerprint density at radius 1 is 0.580 bits per heavy atom. The lowest BCUT2D eigenvalue weighted by atomic mass is 10.00. The van der Waals surface area contributed by atoms with Gasteiger partial charge in [-0.3, -0.25) is 52.7 Å². The van der Waals surface area contributed by atoms with E-state index in [0.29, 0.717) is 5.56 Å². The Bertz CT molecular complexity index is 2250. The average Bonchev–Trinajstić information content (AvgIpc) is 3.43. The van der Waals surface area contributed by atoms with Gasteiger partial charge >= 0.3 is 0 Å². The summed E-state index contributed by atoms with van der Waals surface area (Å²) in [5.41, 5.74) is 35.5. The molecule has 2 rings (SSSR count). The van der Waals surface area contributed by atoms with Crippen LogP contribution in [0.25, 0.3) is 0 Å². The van der Waals surface area contributed by atoms with Crippen molar-refractivity contribution in [3.63, 3.8) is 0 Å². The zero-order valence-corrected chi connectivity index (χ0v) is 47.3. The third-order valence-electron chi connectivity index (χ3n) is 12.7. The van der Waals surface area contributed by atoms with E-state index in [2.05, 4.69) is 71.1 Å². The van der Waals surface area contributed by atoms with Gasteiger partial charge in [0.15, 0.2) is 0 Å². The Morgan fingerprint density at radius 3 is 1.52 bits per heavy atom. The zero-order chi connectivity index (χ0) is 60.9. The van der Waals surface area contributed by atoms with Crippen LogP contribution in [0, 0.1) is 5.92 Å². The van der Waals surface area contributed by atoms with E-state index in [1.54, 1.807) is 44.2 Å². The molecule has 30 nitrogen and oxygen atoms in total. The number of nitrogens with two attached hydrogens (primary N) is 6. The van der Waals surface area contributed by atoms with Crippen molar-refractivity contribution >= 4 is 77.6 Å². The quantitative estimate of drug-likeness (QED) is 0.0404. The molecule has 0 aliphatic carbocycles. The van der Waals surface area contributed by atoms with Crippen molar-refractivity contribution in [2.45, 2.75) is 158 Å². The molecule has 13 atom stereocenters. The number of amides is 11. The topological polar surface area (TPSA) is 517 Å². The van der Waals surface area contributed by atoms with Gasteiger partial charge in [0.2, 0.25) is 65.0 Å². The lowest BCUT2D eigenvalue weighted by Gasteiger charge is -2.29. The molecule has 31 heteroatoms. The third-order valence-corrected chi connectivity index (χ3v) is 13.1. The first-order valence-electron chi connectivity index (χ1n) is 26.9. The highest BCUT2D eigenvalue weighted by molar-refractivity contribution is 7.80. The minimum absolute atomic E-state index is 0.0394. The Balaban J connectivity index is 2.73. The molecular formula is C50H87N17O13S. The normalized spacial score (nSPS) is 23.4. The van der Waals surface area contributed by atoms with E-state index in [4.69, 9.17) is 34.4 Å². The molecule has 0 aromatic heterocycles. The number of rotatable bonds is 25. The minimum Gasteiger partial charge on any atom is -0.391 e. The van der Waals surface area contributed by atoms with Crippen LogP contribution in [0.5, 0.6) is 0 Å².